The van der Waals surface area contributed by atoms with E-state index >= 15 is 0 Å². The molecule has 1 saturated heterocycles. The lowest BCUT2D eigenvalue weighted by Crippen LogP contribution is -2.42. The highest BCUT2D eigenvalue weighted by molar-refractivity contribution is 5.43. The average molecular weight is 303 g/mol. The van der Waals surface area contributed by atoms with E-state index in [0.717, 1.165) is 38.5 Å². The monoisotopic (exact) mass is 303 g/mol. The fourth-order valence-corrected chi connectivity index (χ4v) is 2.45. The van der Waals surface area contributed by atoms with Crippen molar-refractivity contribution in [3.05, 3.63) is 11.8 Å². The second-order valence-corrected chi connectivity index (χ2v) is 5.09. The zero-order valence-electron chi connectivity index (χ0n) is 12.2. The number of anilines is 2. The van der Waals surface area contributed by atoms with Crippen LogP contribution in [0.3, 0.4) is 0 Å². The molecular weight excluding hydrogens is 283 g/mol. The first kappa shape index (κ1) is 15.8. The van der Waals surface area contributed by atoms with Gasteiger partial charge >= 0.3 is 6.18 Å². The molecule has 118 valence electrons. The van der Waals surface area contributed by atoms with E-state index in [1.165, 1.54) is 7.05 Å². The summed E-state index contributed by atoms with van der Waals surface area (Å²) in [7, 11) is 1.50. The summed E-state index contributed by atoms with van der Waals surface area (Å²) in [6.45, 7) is 4.87. The Morgan fingerprint density at radius 1 is 1.38 bits per heavy atom. The number of nitrogens with one attached hydrogen (secondary N) is 2. The lowest BCUT2D eigenvalue weighted by atomic mass is 10.1. The SMILES string of the molecule is CCN1CCCC(Nc2cc(C(F)(F)F)nc(NC)n2)C1. The Labute approximate surface area is 122 Å². The maximum Gasteiger partial charge on any atom is 0.433 e. The van der Waals surface area contributed by atoms with Crippen LogP contribution in [0.25, 0.3) is 0 Å². The van der Waals surface area contributed by atoms with Crippen LogP contribution in [0.5, 0.6) is 0 Å². The summed E-state index contributed by atoms with van der Waals surface area (Å²) < 4.78 is 38.5. The number of halogens is 3. The lowest BCUT2D eigenvalue weighted by Gasteiger charge is -2.32. The van der Waals surface area contributed by atoms with Gasteiger partial charge in [-0.2, -0.15) is 18.2 Å². The van der Waals surface area contributed by atoms with Crippen LogP contribution in [-0.2, 0) is 6.18 Å². The molecule has 8 heteroatoms. The quantitative estimate of drug-likeness (QED) is 0.895. The molecule has 2 rings (SSSR count). The third kappa shape index (κ3) is 4.20. The molecule has 1 atom stereocenters. The van der Waals surface area contributed by atoms with Crippen molar-refractivity contribution in [2.45, 2.75) is 32.0 Å². The van der Waals surface area contributed by atoms with Gasteiger partial charge in [0, 0.05) is 25.7 Å². The van der Waals surface area contributed by atoms with Crippen LogP contribution in [0.4, 0.5) is 24.9 Å². The predicted molar refractivity (Wildman–Crippen MR) is 75.3 cm³/mol. The number of rotatable bonds is 4. The van der Waals surface area contributed by atoms with Crippen LogP contribution < -0.4 is 10.6 Å². The Morgan fingerprint density at radius 3 is 2.76 bits per heavy atom. The van der Waals surface area contributed by atoms with Crippen molar-refractivity contribution in [3.63, 3.8) is 0 Å². The molecular formula is C13H20F3N5. The van der Waals surface area contributed by atoms with Crippen molar-refractivity contribution in [1.82, 2.24) is 14.9 Å². The number of alkyl halides is 3. The van der Waals surface area contributed by atoms with E-state index < -0.39 is 11.9 Å². The smallest absolute Gasteiger partial charge is 0.366 e. The summed E-state index contributed by atoms with van der Waals surface area (Å²) in [5.74, 6) is 0.181. The highest BCUT2D eigenvalue weighted by Gasteiger charge is 2.34. The molecule has 0 saturated carbocycles. The maximum absolute atomic E-state index is 12.8. The van der Waals surface area contributed by atoms with E-state index in [9.17, 15) is 13.2 Å². The first-order valence-electron chi connectivity index (χ1n) is 7.05. The Hall–Kier alpha value is -1.57. The van der Waals surface area contributed by atoms with Crippen molar-refractivity contribution in [2.75, 3.05) is 37.3 Å². The van der Waals surface area contributed by atoms with Crippen LogP contribution in [0.1, 0.15) is 25.5 Å². The minimum Gasteiger partial charge on any atom is -0.366 e. The summed E-state index contributed by atoms with van der Waals surface area (Å²) in [4.78, 5) is 9.78. The van der Waals surface area contributed by atoms with Gasteiger partial charge in [0.25, 0.3) is 0 Å². The van der Waals surface area contributed by atoms with Gasteiger partial charge in [0.05, 0.1) is 0 Å². The van der Waals surface area contributed by atoms with Crippen LogP contribution in [-0.4, -0.2) is 47.6 Å². The van der Waals surface area contributed by atoms with Crippen molar-refractivity contribution >= 4 is 11.8 Å². The molecule has 1 aromatic heterocycles. The van der Waals surface area contributed by atoms with E-state index in [1.807, 2.05) is 0 Å². The minimum atomic E-state index is -4.48. The second-order valence-electron chi connectivity index (χ2n) is 5.09. The Balaban J connectivity index is 2.15. The molecule has 1 aromatic rings. The van der Waals surface area contributed by atoms with Crippen molar-refractivity contribution in [1.29, 1.82) is 0 Å². The highest BCUT2D eigenvalue weighted by atomic mass is 19.4. The molecule has 0 aromatic carbocycles. The van der Waals surface area contributed by atoms with Gasteiger partial charge in [-0.1, -0.05) is 6.92 Å². The van der Waals surface area contributed by atoms with Crippen molar-refractivity contribution in [3.8, 4) is 0 Å². The number of piperidine rings is 1. The highest BCUT2D eigenvalue weighted by Crippen LogP contribution is 2.30. The number of hydrogen-bond donors (Lipinski definition) is 2. The summed E-state index contributed by atoms with van der Waals surface area (Å²) >= 11 is 0. The first-order valence-corrected chi connectivity index (χ1v) is 7.05. The molecule has 2 heterocycles. The zero-order chi connectivity index (χ0) is 15.5. The number of likely N-dealkylation sites (tertiary alicyclic amines) is 1. The van der Waals surface area contributed by atoms with Gasteiger partial charge in [0.1, 0.15) is 5.82 Å². The standard InChI is InChI=1S/C13H20F3N5/c1-3-21-6-4-5-9(8-21)18-11-7-10(13(14,15)16)19-12(17-2)20-11/h7,9H,3-6,8H2,1-2H3,(H2,17,18,19,20). The molecule has 0 aliphatic carbocycles. The molecule has 0 spiro atoms. The van der Waals surface area contributed by atoms with Crippen LogP contribution in [0.2, 0.25) is 0 Å². The van der Waals surface area contributed by atoms with Crippen LogP contribution in [0.15, 0.2) is 6.07 Å². The molecule has 1 aliphatic rings. The van der Waals surface area contributed by atoms with E-state index in [1.54, 1.807) is 0 Å². The van der Waals surface area contributed by atoms with E-state index in [4.69, 9.17) is 0 Å². The van der Waals surface area contributed by atoms with Crippen molar-refractivity contribution < 1.29 is 13.2 Å². The van der Waals surface area contributed by atoms with E-state index in [0.29, 0.717) is 0 Å². The van der Waals surface area contributed by atoms with Gasteiger partial charge in [0.15, 0.2) is 5.69 Å². The van der Waals surface area contributed by atoms with Gasteiger partial charge in [-0.15, -0.1) is 0 Å². The number of aromatic nitrogens is 2. The zero-order valence-corrected chi connectivity index (χ0v) is 12.2. The van der Waals surface area contributed by atoms with Gasteiger partial charge in [-0.05, 0) is 25.9 Å². The number of nitrogens with zero attached hydrogens (tertiary/aromatic N) is 3. The van der Waals surface area contributed by atoms with Crippen molar-refractivity contribution in [2.24, 2.45) is 0 Å². The molecule has 1 unspecified atom stereocenters. The Morgan fingerprint density at radius 2 is 2.14 bits per heavy atom. The molecule has 0 bridgehead atoms. The molecule has 5 nitrogen and oxygen atoms in total. The Bertz CT molecular complexity index is 477. The van der Waals surface area contributed by atoms with Gasteiger partial charge in [0.2, 0.25) is 5.95 Å². The third-order valence-electron chi connectivity index (χ3n) is 3.54. The third-order valence-corrected chi connectivity index (χ3v) is 3.54. The fraction of sp³-hybridized carbons (Fsp3) is 0.692. The summed E-state index contributed by atoms with van der Waals surface area (Å²) in [6, 6.07) is 1.07. The molecule has 0 radical (unpaired) electrons. The van der Waals surface area contributed by atoms with Gasteiger partial charge < -0.3 is 15.5 Å². The first-order chi connectivity index (χ1) is 9.92. The normalized spacial score (nSPS) is 20.3. The molecule has 0 amide bonds. The minimum absolute atomic E-state index is 0.0320. The molecule has 21 heavy (non-hydrogen) atoms. The van der Waals surface area contributed by atoms with Gasteiger partial charge in [-0.25, -0.2) is 4.98 Å². The van der Waals surface area contributed by atoms with Crippen LogP contribution >= 0.6 is 0 Å². The largest absolute Gasteiger partial charge is 0.433 e. The molecule has 2 N–H and O–H groups in total. The van der Waals surface area contributed by atoms with Gasteiger partial charge in [-0.3, -0.25) is 0 Å². The molecule has 1 fully saturated rings. The lowest BCUT2D eigenvalue weighted by molar-refractivity contribution is -0.141. The fourth-order valence-electron chi connectivity index (χ4n) is 2.45. The van der Waals surface area contributed by atoms with E-state index in [-0.39, 0.29) is 17.8 Å². The topological polar surface area (TPSA) is 53.1 Å². The maximum atomic E-state index is 12.8. The number of likely N-dealkylation sites (N-methyl/N-ethyl adjacent to an activating group) is 1. The molecule has 1 aliphatic heterocycles. The average Bonchev–Trinajstić information content (AvgIpc) is 2.46. The Kier molecular flexibility index (Phi) is 4.87. The summed E-state index contributed by atoms with van der Waals surface area (Å²) in [5, 5.41) is 5.66. The van der Waals surface area contributed by atoms with Crippen LogP contribution in [0, 0.1) is 0 Å². The second kappa shape index (κ2) is 6.46. The predicted octanol–water partition coefficient (Wildman–Crippen LogP) is 2.43. The number of hydrogen-bond acceptors (Lipinski definition) is 5. The van der Waals surface area contributed by atoms with E-state index in [2.05, 4.69) is 32.4 Å². The summed E-state index contributed by atoms with van der Waals surface area (Å²) in [6.07, 6.45) is -2.52. The summed E-state index contributed by atoms with van der Waals surface area (Å²) in [5.41, 5.74) is -0.937.